The van der Waals surface area contributed by atoms with Crippen LogP contribution in [0.2, 0.25) is 0 Å². The van der Waals surface area contributed by atoms with Gasteiger partial charge in [-0.3, -0.25) is 14.2 Å². The van der Waals surface area contributed by atoms with Crippen molar-refractivity contribution in [1.29, 1.82) is 0 Å². The summed E-state index contributed by atoms with van der Waals surface area (Å²) in [7, 11) is 0. The van der Waals surface area contributed by atoms with Crippen LogP contribution in [0.3, 0.4) is 0 Å². The zero-order valence-electron chi connectivity index (χ0n) is 16.0. The highest BCUT2D eigenvalue weighted by Gasteiger charge is 2.15. The molecule has 0 radical (unpaired) electrons. The van der Waals surface area contributed by atoms with E-state index in [4.69, 9.17) is 0 Å². The second-order valence-electron chi connectivity index (χ2n) is 7.18. The van der Waals surface area contributed by atoms with E-state index < -0.39 is 0 Å². The monoisotopic (exact) mass is 385 g/mol. The molecule has 0 saturated carbocycles. The van der Waals surface area contributed by atoms with Gasteiger partial charge in [0.2, 0.25) is 5.91 Å². The highest BCUT2D eigenvalue weighted by Crippen LogP contribution is 2.21. The molecule has 1 N–H and O–H groups in total. The van der Waals surface area contributed by atoms with Crippen LogP contribution in [0, 0.1) is 0 Å². The number of rotatable bonds is 7. The van der Waals surface area contributed by atoms with E-state index >= 15 is 0 Å². The summed E-state index contributed by atoms with van der Waals surface area (Å²) in [5.74, 6) is 0.241. The molecule has 27 heavy (non-hydrogen) atoms. The molecule has 0 unspecified atom stereocenters. The van der Waals surface area contributed by atoms with Gasteiger partial charge in [-0.1, -0.05) is 35.5 Å². The fourth-order valence-corrected chi connectivity index (χ4v) is 4.32. The first-order valence-electron chi connectivity index (χ1n) is 9.65. The first kappa shape index (κ1) is 19.7. The number of para-hydroxylation sites is 1. The van der Waals surface area contributed by atoms with Crippen LogP contribution in [-0.2, 0) is 4.79 Å². The molecule has 1 aliphatic carbocycles. The Morgan fingerprint density at radius 1 is 1.30 bits per heavy atom. The van der Waals surface area contributed by atoms with Crippen LogP contribution in [-0.4, -0.2) is 27.8 Å². The number of nitrogens with one attached hydrogen (secondary N) is 1. The third-order valence-corrected chi connectivity index (χ3v) is 5.73. The number of carbonyl (C=O) groups excluding carboxylic acids is 1. The molecule has 0 atom stereocenters. The van der Waals surface area contributed by atoms with Crippen LogP contribution in [0.15, 0.2) is 45.9 Å². The minimum absolute atomic E-state index is 0.0154. The Labute approximate surface area is 164 Å². The van der Waals surface area contributed by atoms with Crippen molar-refractivity contribution in [3.63, 3.8) is 0 Å². The number of nitrogens with zero attached hydrogens (tertiary/aromatic N) is 2. The molecule has 1 amide bonds. The van der Waals surface area contributed by atoms with Gasteiger partial charge in [-0.25, -0.2) is 4.98 Å². The molecule has 0 saturated heterocycles. The second kappa shape index (κ2) is 9.22. The average Bonchev–Trinajstić information content (AvgIpc) is 2.67. The molecule has 0 bridgehead atoms. The van der Waals surface area contributed by atoms with Gasteiger partial charge in [0.1, 0.15) is 0 Å². The fraction of sp³-hybridized carbons (Fsp3) is 0.476. The Morgan fingerprint density at radius 2 is 2.11 bits per heavy atom. The van der Waals surface area contributed by atoms with Crippen molar-refractivity contribution < 1.29 is 4.79 Å². The quantitative estimate of drug-likeness (QED) is 0.443. The summed E-state index contributed by atoms with van der Waals surface area (Å²) < 4.78 is 1.67. The molecule has 5 nitrogen and oxygen atoms in total. The zero-order chi connectivity index (χ0) is 19.2. The molecule has 1 heterocycles. The van der Waals surface area contributed by atoms with E-state index in [9.17, 15) is 9.59 Å². The summed E-state index contributed by atoms with van der Waals surface area (Å²) in [6.07, 6.45) is 8.11. The molecule has 0 fully saturated rings. The van der Waals surface area contributed by atoms with Gasteiger partial charge < -0.3 is 5.32 Å². The van der Waals surface area contributed by atoms with Crippen molar-refractivity contribution in [3.05, 3.63) is 46.3 Å². The van der Waals surface area contributed by atoms with Crippen LogP contribution in [0.4, 0.5) is 0 Å². The maximum Gasteiger partial charge on any atom is 0.262 e. The fourth-order valence-electron chi connectivity index (χ4n) is 3.36. The highest BCUT2D eigenvalue weighted by atomic mass is 32.2. The van der Waals surface area contributed by atoms with E-state index in [2.05, 4.69) is 16.4 Å². The standard InChI is InChI=1S/C21H27N3O2S/c1-15(2)24-20(26)17-10-6-7-11-18(17)23-21(24)27-14-19(25)22-13-12-16-8-4-3-5-9-16/h6-8,10-11,15H,3-5,9,12-14H2,1-2H3,(H,22,25). The highest BCUT2D eigenvalue weighted by molar-refractivity contribution is 7.99. The van der Waals surface area contributed by atoms with Crippen LogP contribution in [0.5, 0.6) is 0 Å². The maximum atomic E-state index is 12.8. The molecule has 144 valence electrons. The number of hydrogen-bond acceptors (Lipinski definition) is 4. The van der Waals surface area contributed by atoms with Crippen molar-refractivity contribution >= 4 is 28.6 Å². The van der Waals surface area contributed by atoms with Crippen molar-refractivity contribution in [1.82, 2.24) is 14.9 Å². The zero-order valence-corrected chi connectivity index (χ0v) is 16.8. The largest absolute Gasteiger partial charge is 0.355 e. The van der Waals surface area contributed by atoms with Crippen molar-refractivity contribution in [2.75, 3.05) is 12.3 Å². The van der Waals surface area contributed by atoms with E-state index in [1.807, 2.05) is 32.0 Å². The third kappa shape index (κ3) is 5.01. The summed E-state index contributed by atoms with van der Waals surface area (Å²) >= 11 is 1.32. The number of thioether (sulfide) groups is 1. The topological polar surface area (TPSA) is 64.0 Å². The molecule has 0 aliphatic heterocycles. The van der Waals surface area contributed by atoms with Gasteiger partial charge in [-0.15, -0.1) is 0 Å². The lowest BCUT2D eigenvalue weighted by Gasteiger charge is -2.16. The first-order valence-corrected chi connectivity index (χ1v) is 10.6. The molecule has 6 heteroatoms. The third-order valence-electron chi connectivity index (χ3n) is 4.78. The molecular weight excluding hydrogens is 358 g/mol. The predicted molar refractivity (Wildman–Crippen MR) is 111 cm³/mol. The van der Waals surface area contributed by atoms with Crippen LogP contribution in [0.25, 0.3) is 10.9 Å². The first-order chi connectivity index (χ1) is 13.1. The van der Waals surface area contributed by atoms with Crippen molar-refractivity contribution in [2.45, 2.75) is 57.1 Å². The number of carbonyl (C=O) groups is 1. The lowest BCUT2D eigenvalue weighted by atomic mass is 9.97. The molecule has 0 spiro atoms. The average molecular weight is 386 g/mol. The SMILES string of the molecule is CC(C)n1c(SCC(=O)NCCC2=CCCCC2)nc2ccccc2c1=O. The summed E-state index contributed by atoms with van der Waals surface area (Å²) in [6, 6.07) is 7.33. The summed E-state index contributed by atoms with van der Waals surface area (Å²) in [4.78, 5) is 29.6. The normalized spacial score (nSPS) is 14.4. The Hall–Kier alpha value is -2.08. The van der Waals surface area contributed by atoms with E-state index in [0.29, 0.717) is 22.6 Å². The Balaban J connectivity index is 1.63. The van der Waals surface area contributed by atoms with Gasteiger partial charge in [0, 0.05) is 12.6 Å². The number of fused-ring (bicyclic) bond motifs is 1. The van der Waals surface area contributed by atoms with E-state index in [-0.39, 0.29) is 23.3 Å². The Bertz CT molecular complexity index is 902. The minimum atomic E-state index is -0.0530. The lowest BCUT2D eigenvalue weighted by molar-refractivity contribution is -0.118. The number of hydrogen-bond donors (Lipinski definition) is 1. The molecule has 2 aromatic rings. The van der Waals surface area contributed by atoms with Gasteiger partial charge >= 0.3 is 0 Å². The molecule has 1 aliphatic rings. The van der Waals surface area contributed by atoms with Crippen molar-refractivity contribution in [2.24, 2.45) is 0 Å². The molecular formula is C21H27N3O2S. The van der Waals surface area contributed by atoms with Gasteiger partial charge in [0.15, 0.2) is 5.16 Å². The number of aromatic nitrogens is 2. The van der Waals surface area contributed by atoms with Crippen LogP contribution < -0.4 is 10.9 Å². The predicted octanol–water partition coefficient (Wildman–Crippen LogP) is 4.08. The van der Waals surface area contributed by atoms with Crippen LogP contribution >= 0.6 is 11.8 Å². The maximum absolute atomic E-state index is 12.8. The van der Waals surface area contributed by atoms with Crippen molar-refractivity contribution in [3.8, 4) is 0 Å². The van der Waals surface area contributed by atoms with E-state index in [0.717, 1.165) is 12.8 Å². The molecule has 3 rings (SSSR count). The lowest BCUT2D eigenvalue weighted by Crippen LogP contribution is -2.28. The number of amides is 1. The molecule has 1 aromatic carbocycles. The number of benzene rings is 1. The molecule has 1 aromatic heterocycles. The summed E-state index contributed by atoms with van der Waals surface area (Å²) in [6.45, 7) is 4.59. The number of allylic oxidation sites excluding steroid dienone is 1. The van der Waals surface area contributed by atoms with Gasteiger partial charge in [-0.2, -0.15) is 0 Å². The summed E-state index contributed by atoms with van der Waals surface area (Å²) in [5.41, 5.74) is 2.08. The Morgan fingerprint density at radius 3 is 2.85 bits per heavy atom. The Kier molecular flexibility index (Phi) is 6.72. The van der Waals surface area contributed by atoms with E-state index in [1.165, 1.54) is 36.6 Å². The van der Waals surface area contributed by atoms with Crippen LogP contribution in [0.1, 0.15) is 52.0 Å². The van der Waals surface area contributed by atoms with E-state index in [1.54, 1.807) is 10.6 Å². The smallest absolute Gasteiger partial charge is 0.262 e. The minimum Gasteiger partial charge on any atom is -0.355 e. The van der Waals surface area contributed by atoms with Gasteiger partial charge in [0.25, 0.3) is 5.56 Å². The van der Waals surface area contributed by atoms with Gasteiger partial charge in [0.05, 0.1) is 16.7 Å². The second-order valence-corrected chi connectivity index (χ2v) is 8.12. The summed E-state index contributed by atoms with van der Waals surface area (Å²) in [5, 5.41) is 4.19. The van der Waals surface area contributed by atoms with Gasteiger partial charge in [-0.05, 0) is 58.1 Å².